The van der Waals surface area contributed by atoms with Crippen LogP contribution in [0.4, 0.5) is 0 Å². The Morgan fingerprint density at radius 2 is 2.10 bits per heavy atom. The van der Waals surface area contributed by atoms with Gasteiger partial charge in [-0.1, -0.05) is 23.7 Å². The summed E-state index contributed by atoms with van der Waals surface area (Å²) in [6.45, 7) is 5.94. The highest BCUT2D eigenvalue weighted by molar-refractivity contribution is 6.32. The number of benzene rings is 1. The molecular weight excluding hydrogens is 288 g/mol. The van der Waals surface area contributed by atoms with Gasteiger partial charge in [0.05, 0.1) is 28.2 Å². The number of halogens is 1. The van der Waals surface area contributed by atoms with Gasteiger partial charge >= 0.3 is 0 Å². The standard InChI is InChI=1S/C15H19ClN4O/c1-10-11(14(21)19-15(2,3)9-17)8-18-20(10)13-7-5-4-6-12(13)16/h4-8H,9,17H2,1-3H3,(H,19,21). The molecule has 0 saturated carbocycles. The van der Waals surface area contributed by atoms with Crippen molar-refractivity contribution in [3.8, 4) is 5.69 Å². The van der Waals surface area contributed by atoms with Crippen molar-refractivity contribution in [2.75, 3.05) is 6.54 Å². The predicted octanol–water partition coefficient (Wildman–Crippen LogP) is 2.30. The Kier molecular flexibility index (Phi) is 4.34. The van der Waals surface area contributed by atoms with Crippen LogP contribution in [0.1, 0.15) is 29.9 Å². The molecule has 6 heteroatoms. The first-order chi connectivity index (χ1) is 9.85. The number of hydrogen-bond acceptors (Lipinski definition) is 3. The van der Waals surface area contributed by atoms with Gasteiger partial charge in [0.2, 0.25) is 0 Å². The van der Waals surface area contributed by atoms with Crippen molar-refractivity contribution >= 4 is 17.5 Å². The Hall–Kier alpha value is -1.85. The summed E-state index contributed by atoms with van der Waals surface area (Å²) in [5.41, 5.74) is 7.16. The zero-order valence-corrected chi connectivity index (χ0v) is 13.1. The Morgan fingerprint density at radius 3 is 2.71 bits per heavy atom. The van der Waals surface area contributed by atoms with Crippen LogP contribution >= 0.6 is 11.6 Å². The third kappa shape index (κ3) is 3.25. The van der Waals surface area contributed by atoms with E-state index in [9.17, 15) is 4.79 Å². The van der Waals surface area contributed by atoms with Gasteiger partial charge in [-0.25, -0.2) is 4.68 Å². The lowest BCUT2D eigenvalue weighted by Crippen LogP contribution is -2.48. The molecule has 1 aromatic heterocycles. The van der Waals surface area contributed by atoms with Crippen molar-refractivity contribution in [1.82, 2.24) is 15.1 Å². The van der Waals surface area contributed by atoms with Gasteiger partial charge in [-0.3, -0.25) is 4.79 Å². The summed E-state index contributed by atoms with van der Waals surface area (Å²) in [7, 11) is 0. The zero-order valence-electron chi connectivity index (χ0n) is 12.4. The van der Waals surface area contributed by atoms with Gasteiger partial charge in [0.25, 0.3) is 5.91 Å². The van der Waals surface area contributed by atoms with E-state index in [2.05, 4.69) is 10.4 Å². The molecule has 0 bridgehead atoms. The van der Waals surface area contributed by atoms with Crippen LogP contribution in [-0.4, -0.2) is 27.8 Å². The molecule has 0 aliphatic carbocycles. The number of nitrogens with zero attached hydrogens (tertiary/aromatic N) is 2. The van der Waals surface area contributed by atoms with Gasteiger partial charge < -0.3 is 11.1 Å². The van der Waals surface area contributed by atoms with Crippen LogP contribution in [-0.2, 0) is 0 Å². The summed E-state index contributed by atoms with van der Waals surface area (Å²) < 4.78 is 1.66. The van der Waals surface area contributed by atoms with Gasteiger partial charge in [0.15, 0.2) is 0 Å². The number of nitrogens with two attached hydrogens (primary N) is 1. The molecule has 21 heavy (non-hydrogen) atoms. The van der Waals surface area contributed by atoms with Gasteiger partial charge in [0.1, 0.15) is 0 Å². The predicted molar refractivity (Wildman–Crippen MR) is 83.9 cm³/mol. The monoisotopic (exact) mass is 306 g/mol. The fraction of sp³-hybridized carbons (Fsp3) is 0.333. The van der Waals surface area contributed by atoms with Crippen LogP contribution in [0.15, 0.2) is 30.5 Å². The van der Waals surface area contributed by atoms with Crippen molar-refractivity contribution < 1.29 is 4.79 Å². The summed E-state index contributed by atoms with van der Waals surface area (Å²) in [6.07, 6.45) is 1.54. The van der Waals surface area contributed by atoms with Gasteiger partial charge in [-0.2, -0.15) is 5.10 Å². The molecule has 3 N–H and O–H groups in total. The first-order valence-electron chi connectivity index (χ1n) is 6.68. The van der Waals surface area contributed by atoms with Crippen LogP contribution in [0.5, 0.6) is 0 Å². The number of amides is 1. The van der Waals surface area contributed by atoms with Crippen molar-refractivity contribution in [2.24, 2.45) is 5.73 Å². The lowest BCUT2D eigenvalue weighted by atomic mass is 10.1. The first-order valence-corrected chi connectivity index (χ1v) is 7.05. The molecule has 1 amide bonds. The second-order valence-electron chi connectivity index (χ2n) is 5.55. The number of para-hydroxylation sites is 1. The average molecular weight is 307 g/mol. The number of nitrogens with one attached hydrogen (secondary N) is 1. The van der Waals surface area contributed by atoms with Gasteiger partial charge in [-0.05, 0) is 32.9 Å². The van der Waals surface area contributed by atoms with E-state index in [1.165, 1.54) is 0 Å². The molecule has 0 fully saturated rings. The topological polar surface area (TPSA) is 72.9 Å². The molecule has 0 atom stereocenters. The number of rotatable bonds is 4. The molecule has 0 aliphatic heterocycles. The summed E-state index contributed by atoms with van der Waals surface area (Å²) in [5, 5.41) is 7.74. The summed E-state index contributed by atoms with van der Waals surface area (Å²) in [4.78, 5) is 12.3. The summed E-state index contributed by atoms with van der Waals surface area (Å²) >= 11 is 6.17. The van der Waals surface area contributed by atoms with Crippen molar-refractivity contribution in [1.29, 1.82) is 0 Å². The Bertz CT molecular complexity index is 663. The van der Waals surface area contributed by atoms with Gasteiger partial charge in [0, 0.05) is 12.1 Å². The van der Waals surface area contributed by atoms with E-state index in [0.29, 0.717) is 17.1 Å². The van der Waals surface area contributed by atoms with Crippen LogP contribution in [0.3, 0.4) is 0 Å². The third-order valence-corrected chi connectivity index (χ3v) is 3.62. The van der Waals surface area contributed by atoms with E-state index in [1.54, 1.807) is 16.9 Å². The molecule has 1 aromatic carbocycles. The maximum atomic E-state index is 12.3. The molecule has 2 rings (SSSR count). The van der Waals surface area contributed by atoms with E-state index in [0.717, 1.165) is 11.4 Å². The lowest BCUT2D eigenvalue weighted by molar-refractivity contribution is 0.0915. The van der Waals surface area contributed by atoms with Crippen LogP contribution < -0.4 is 11.1 Å². The zero-order chi connectivity index (χ0) is 15.6. The van der Waals surface area contributed by atoms with Crippen molar-refractivity contribution in [3.05, 3.63) is 46.7 Å². The number of carbonyl (C=O) groups is 1. The van der Waals surface area contributed by atoms with E-state index < -0.39 is 5.54 Å². The fourth-order valence-corrected chi connectivity index (χ4v) is 2.14. The highest BCUT2D eigenvalue weighted by Gasteiger charge is 2.22. The van der Waals surface area contributed by atoms with E-state index >= 15 is 0 Å². The van der Waals surface area contributed by atoms with Crippen LogP contribution in [0, 0.1) is 6.92 Å². The molecule has 0 radical (unpaired) electrons. The molecule has 2 aromatic rings. The average Bonchev–Trinajstić information content (AvgIpc) is 2.81. The fourth-order valence-electron chi connectivity index (χ4n) is 1.92. The maximum absolute atomic E-state index is 12.3. The van der Waals surface area contributed by atoms with Crippen LogP contribution in [0.2, 0.25) is 5.02 Å². The number of carbonyl (C=O) groups excluding carboxylic acids is 1. The molecular formula is C15H19ClN4O. The minimum absolute atomic E-state index is 0.193. The van der Waals surface area contributed by atoms with Crippen molar-refractivity contribution in [3.63, 3.8) is 0 Å². The number of aromatic nitrogens is 2. The normalized spacial score (nSPS) is 11.5. The largest absolute Gasteiger partial charge is 0.346 e. The lowest BCUT2D eigenvalue weighted by Gasteiger charge is -2.24. The summed E-state index contributed by atoms with van der Waals surface area (Å²) in [5.74, 6) is -0.193. The quantitative estimate of drug-likeness (QED) is 0.910. The minimum atomic E-state index is -0.462. The van der Waals surface area contributed by atoms with E-state index in [4.69, 9.17) is 17.3 Å². The molecule has 5 nitrogen and oxygen atoms in total. The first kappa shape index (κ1) is 15.5. The second kappa shape index (κ2) is 5.87. The third-order valence-electron chi connectivity index (χ3n) is 3.30. The molecule has 1 heterocycles. The van der Waals surface area contributed by atoms with E-state index in [1.807, 2.05) is 39.0 Å². The Balaban J connectivity index is 2.34. The smallest absolute Gasteiger partial charge is 0.255 e. The summed E-state index contributed by atoms with van der Waals surface area (Å²) in [6, 6.07) is 7.37. The Labute approximate surface area is 129 Å². The minimum Gasteiger partial charge on any atom is -0.346 e. The second-order valence-corrected chi connectivity index (χ2v) is 5.96. The van der Waals surface area contributed by atoms with Crippen LogP contribution in [0.25, 0.3) is 5.69 Å². The van der Waals surface area contributed by atoms with Gasteiger partial charge in [-0.15, -0.1) is 0 Å². The molecule has 0 unspecified atom stereocenters. The maximum Gasteiger partial charge on any atom is 0.255 e. The number of hydrogen-bond donors (Lipinski definition) is 2. The Morgan fingerprint density at radius 1 is 1.43 bits per heavy atom. The SMILES string of the molecule is Cc1c(C(=O)NC(C)(C)CN)cnn1-c1ccccc1Cl. The molecule has 0 aliphatic rings. The van der Waals surface area contributed by atoms with E-state index in [-0.39, 0.29) is 5.91 Å². The molecule has 0 spiro atoms. The molecule has 112 valence electrons. The van der Waals surface area contributed by atoms with Crippen molar-refractivity contribution in [2.45, 2.75) is 26.3 Å². The highest BCUT2D eigenvalue weighted by Crippen LogP contribution is 2.22. The molecule has 0 saturated heterocycles. The highest BCUT2D eigenvalue weighted by atomic mass is 35.5.